The van der Waals surface area contributed by atoms with E-state index in [1.165, 1.54) is 16.7 Å². The average Bonchev–Trinajstić information content (AvgIpc) is 3.10. The van der Waals surface area contributed by atoms with Crippen molar-refractivity contribution in [2.75, 3.05) is 4.90 Å². The van der Waals surface area contributed by atoms with Crippen LogP contribution in [0.15, 0.2) is 71.8 Å². The number of halogens is 2. The highest BCUT2D eigenvalue weighted by atomic mass is 35.5. The number of hydrogen-bond acceptors (Lipinski definition) is 6. The molecule has 4 aromatic rings. The largest absolute Gasteiger partial charge is 0.436 e. The fourth-order valence-corrected chi connectivity index (χ4v) is 5.02. The minimum Gasteiger partial charge on any atom is -0.436 e. The van der Waals surface area contributed by atoms with Gasteiger partial charge in [-0.25, -0.2) is 4.98 Å². The molecule has 0 saturated carbocycles. The molecule has 0 N–H and O–H groups in total. The molecule has 34 heavy (non-hydrogen) atoms. The number of nitrogens with zero attached hydrogens (tertiary/aromatic N) is 3. The maximum atomic E-state index is 14.3. The fraction of sp³-hybridized carbons (Fsp3) is 0.0400. The Morgan fingerprint density at radius 3 is 2.79 bits per heavy atom. The van der Waals surface area contributed by atoms with E-state index in [-0.39, 0.29) is 17.1 Å². The number of anilines is 1. The van der Waals surface area contributed by atoms with Crippen LogP contribution >= 0.6 is 35.6 Å². The number of fused-ring (bicyclic) bond motifs is 1. The molecule has 0 spiro atoms. The smallest absolute Gasteiger partial charge is 0.270 e. The van der Waals surface area contributed by atoms with Crippen LogP contribution in [0.5, 0.6) is 11.6 Å². The number of amides is 1. The van der Waals surface area contributed by atoms with Gasteiger partial charge in [0, 0.05) is 5.56 Å². The number of ether oxygens (including phenoxy) is 1. The van der Waals surface area contributed by atoms with Crippen molar-refractivity contribution in [2.45, 2.75) is 6.92 Å². The summed E-state index contributed by atoms with van der Waals surface area (Å²) >= 11 is 12.5. The summed E-state index contributed by atoms with van der Waals surface area (Å²) in [7, 11) is 0. The third kappa shape index (κ3) is 4.27. The van der Waals surface area contributed by atoms with E-state index < -0.39 is 5.82 Å². The van der Waals surface area contributed by atoms with Gasteiger partial charge in [0.15, 0.2) is 4.32 Å². The second-order valence-corrected chi connectivity index (χ2v) is 9.46. The molecule has 1 saturated heterocycles. The van der Waals surface area contributed by atoms with Gasteiger partial charge in [-0.05, 0) is 59.1 Å². The molecular formula is C25H15ClFN3O2S2. The van der Waals surface area contributed by atoms with E-state index in [9.17, 15) is 9.18 Å². The Morgan fingerprint density at radius 1 is 1.15 bits per heavy atom. The van der Waals surface area contributed by atoms with Crippen LogP contribution in [0.25, 0.3) is 16.8 Å². The van der Waals surface area contributed by atoms with Crippen LogP contribution < -0.4 is 9.64 Å². The van der Waals surface area contributed by atoms with Gasteiger partial charge in [-0.3, -0.25) is 9.69 Å². The number of thioether (sulfide) groups is 1. The van der Waals surface area contributed by atoms with Crippen molar-refractivity contribution in [1.29, 1.82) is 0 Å². The lowest BCUT2D eigenvalue weighted by Gasteiger charge is -2.15. The Hall–Kier alpha value is -3.33. The number of rotatable bonds is 4. The van der Waals surface area contributed by atoms with E-state index in [0.717, 1.165) is 22.5 Å². The first-order chi connectivity index (χ1) is 16.4. The van der Waals surface area contributed by atoms with Crippen LogP contribution in [-0.4, -0.2) is 20.2 Å². The molecule has 1 fully saturated rings. The molecule has 5 nitrogen and oxygen atoms in total. The first-order valence-electron chi connectivity index (χ1n) is 10.1. The van der Waals surface area contributed by atoms with Crippen molar-refractivity contribution in [1.82, 2.24) is 9.97 Å². The summed E-state index contributed by atoms with van der Waals surface area (Å²) in [6.07, 6.45) is 2.66. The molecule has 1 amide bonds. The van der Waals surface area contributed by atoms with Crippen molar-refractivity contribution in [3.8, 4) is 11.6 Å². The predicted octanol–water partition coefficient (Wildman–Crippen LogP) is 6.93. The SMILES string of the molecule is Cc1cccc(N2C(=O)/C(=C/c3c(Oc4nc(Cl)ncc4F)ccc4ccccc34)SC2=S)c1. The molecule has 1 aliphatic rings. The lowest BCUT2D eigenvalue weighted by molar-refractivity contribution is -0.113. The van der Waals surface area contributed by atoms with Gasteiger partial charge in [-0.2, -0.15) is 9.37 Å². The summed E-state index contributed by atoms with van der Waals surface area (Å²) in [4.78, 5) is 22.7. The molecule has 2 heterocycles. The number of benzene rings is 3. The van der Waals surface area contributed by atoms with E-state index in [0.29, 0.717) is 26.2 Å². The molecule has 5 rings (SSSR count). The molecule has 9 heteroatoms. The van der Waals surface area contributed by atoms with Gasteiger partial charge in [-0.1, -0.05) is 66.4 Å². The summed E-state index contributed by atoms with van der Waals surface area (Å²) < 4.78 is 20.5. The Labute approximate surface area is 209 Å². The fourth-order valence-electron chi connectivity index (χ4n) is 3.61. The van der Waals surface area contributed by atoms with Gasteiger partial charge in [0.25, 0.3) is 11.8 Å². The second kappa shape index (κ2) is 9.13. The van der Waals surface area contributed by atoms with Crippen molar-refractivity contribution >= 4 is 68.3 Å². The van der Waals surface area contributed by atoms with Crippen LogP contribution in [0.2, 0.25) is 5.28 Å². The molecule has 1 aliphatic heterocycles. The highest BCUT2D eigenvalue weighted by Crippen LogP contribution is 2.40. The molecule has 0 unspecified atom stereocenters. The van der Waals surface area contributed by atoms with Crippen LogP contribution in [0.4, 0.5) is 10.1 Å². The van der Waals surface area contributed by atoms with Crippen LogP contribution in [0, 0.1) is 12.7 Å². The maximum absolute atomic E-state index is 14.3. The summed E-state index contributed by atoms with van der Waals surface area (Å²) in [6.45, 7) is 1.95. The van der Waals surface area contributed by atoms with Gasteiger partial charge >= 0.3 is 0 Å². The number of thiocarbonyl (C=S) groups is 1. The first kappa shape index (κ1) is 22.5. The van der Waals surface area contributed by atoms with Crippen LogP contribution in [0.1, 0.15) is 11.1 Å². The van der Waals surface area contributed by atoms with Crippen molar-refractivity contribution in [2.24, 2.45) is 0 Å². The van der Waals surface area contributed by atoms with E-state index in [4.69, 9.17) is 28.6 Å². The molecule has 0 atom stereocenters. The normalized spacial score (nSPS) is 14.9. The zero-order chi connectivity index (χ0) is 23.8. The van der Waals surface area contributed by atoms with Gasteiger partial charge in [0.1, 0.15) is 5.75 Å². The maximum Gasteiger partial charge on any atom is 0.270 e. The van der Waals surface area contributed by atoms with Gasteiger partial charge < -0.3 is 4.74 Å². The third-order valence-corrected chi connectivity index (χ3v) is 6.63. The molecular weight excluding hydrogens is 493 g/mol. The summed E-state index contributed by atoms with van der Waals surface area (Å²) in [5.41, 5.74) is 2.32. The number of hydrogen-bond donors (Lipinski definition) is 0. The van der Waals surface area contributed by atoms with Crippen molar-refractivity contribution in [3.05, 3.63) is 94.0 Å². The molecule has 3 aromatic carbocycles. The average molecular weight is 508 g/mol. The van der Waals surface area contributed by atoms with Gasteiger partial charge in [0.05, 0.1) is 16.8 Å². The minimum atomic E-state index is -0.755. The molecule has 0 aliphatic carbocycles. The monoisotopic (exact) mass is 507 g/mol. The standard InChI is InChI=1S/C25H15ClFN3O2S2/c1-14-5-4-7-16(11-14)30-23(31)21(34-25(30)33)12-18-17-8-3-2-6-15(17)9-10-20(18)32-22-19(27)13-28-24(26)29-22/h2-13H,1H3/b21-12-. The second-order valence-electron chi connectivity index (χ2n) is 7.45. The van der Waals surface area contributed by atoms with E-state index in [1.54, 1.807) is 12.1 Å². The van der Waals surface area contributed by atoms with E-state index >= 15 is 0 Å². The highest BCUT2D eigenvalue weighted by molar-refractivity contribution is 8.27. The minimum absolute atomic E-state index is 0.141. The molecule has 0 radical (unpaired) electrons. The zero-order valence-corrected chi connectivity index (χ0v) is 20.0. The van der Waals surface area contributed by atoms with Crippen LogP contribution in [0.3, 0.4) is 0 Å². The Balaban J connectivity index is 1.61. The molecule has 168 valence electrons. The Bertz CT molecular complexity index is 1510. The van der Waals surface area contributed by atoms with Gasteiger partial charge in [-0.15, -0.1) is 0 Å². The lowest BCUT2D eigenvalue weighted by Crippen LogP contribution is -2.27. The topological polar surface area (TPSA) is 55.3 Å². The highest BCUT2D eigenvalue weighted by Gasteiger charge is 2.33. The summed E-state index contributed by atoms with van der Waals surface area (Å²) in [6, 6.07) is 18.8. The lowest BCUT2D eigenvalue weighted by atomic mass is 10.0. The molecule has 0 bridgehead atoms. The summed E-state index contributed by atoms with van der Waals surface area (Å²) in [5, 5.41) is 1.61. The zero-order valence-electron chi connectivity index (χ0n) is 17.7. The first-order valence-corrected chi connectivity index (χ1v) is 11.7. The molecule has 1 aromatic heterocycles. The van der Waals surface area contributed by atoms with E-state index in [2.05, 4.69) is 9.97 Å². The Morgan fingerprint density at radius 2 is 1.97 bits per heavy atom. The Kier molecular flexibility index (Phi) is 6.03. The van der Waals surface area contributed by atoms with Crippen molar-refractivity contribution < 1.29 is 13.9 Å². The van der Waals surface area contributed by atoms with Gasteiger partial charge in [0.2, 0.25) is 11.1 Å². The summed E-state index contributed by atoms with van der Waals surface area (Å²) in [5.74, 6) is -0.990. The number of aromatic nitrogens is 2. The quantitative estimate of drug-likeness (QED) is 0.169. The van der Waals surface area contributed by atoms with Crippen LogP contribution in [-0.2, 0) is 4.79 Å². The van der Waals surface area contributed by atoms with E-state index in [1.807, 2.05) is 61.5 Å². The number of aryl methyl sites for hydroxylation is 1. The predicted molar refractivity (Wildman–Crippen MR) is 138 cm³/mol. The third-order valence-electron chi connectivity index (χ3n) is 5.15. The number of carbonyl (C=O) groups is 1. The van der Waals surface area contributed by atoms with Crippen molar-refractivity contribution in [3.63, 3.8) is 0 Å². The number of carbonyl (C=O) groups excluding carboxylic acids is 1.